The van der Waals surface area contributed by atoms with E-state index in [1.165, 1.54) is 24.3 Å². The first-order valence-electron chi connectivity index (χ1n) is 12.1. The maximum absolute atomic E-state index is 13.8. The van der Waals surface area contributed by atoms with Crippen molar-refractivity contribution in [3.8, 4) is 23.0 Å². The quantitative estimate of drug-likeness (QED) is 0.305. The summed E-state index contributed by atoms with van der Waals surface area (Å²) in [6.07, 6.45) is -1.32. The number of carboxylic acids is 1. The van der Waals surface area contributed by atoms with Crippen LogP contribution in [-0.4, -0.2) is 42.6 Å². The molecule has 1 fully saturated rings. The van der Waals surface area contributed by atoms with Crippen LogP contribution in [0, 0.1) is 11.8 Å². The van der Waals surface area contributed by atoms with Crippen LogP contribution in [0.25, 0.3) is 0 Å². The van der Waals surface area contributed by atoms with Gasteiger partial charge in [-0.25, -0.2) is 0 Å². The van der Waals surface area contributed by atoms with E-state index in [-0.39, 0.29) is 54.3 Å². The summed E-state index contributed by atoms with van der Waals surface area (Å²) < 4.78 is 27.6. The molecule has 0 saturated carbocycles. The summed E-state index contributed by atoms with van der Waals surface area (Å²) in [5, 5.41) is 15.4. The third-order valence-electron chi connectivity index (χ3n) is 7.45. The van der Waals surface area contributed by atoms with Crippen molar-refractivity contribution in [2.24, 2.45) is 11.8 Å². The Balaban J connectivity index is 0.00000289. The van der Waals surface area contributed by atoms with Crippen molar-refractivity contribution >= 4 is 29.1 Å². The van der Waals surface area contributed by atoms with Crippen molar-refractivity contribution in [2.75, 3.05) is 18.9 Å². The Morgan fingerprint density at radius 2 is 1.38 bits per heavy atom. The average molecular weight is 551 g/mol. The molecule has 3 heterocycles. The van der Waals surface area contributed by atoms with Crippen LogP contribution in [0.4, 0.5) is 5.69 Å². The Bertz CT molecular complexity index is 1570. The van der Waals surface area contributed by atoms with Gasteiger partial charge in [0.15, 0.2) is 23.0 Å². The number of hydrogen-bond acceptors (Lipinski definition) is 10. The summed E-state index contributed by atoms with van der Waals surface area (Å²) in [5.74, 6) is -6.01. The molecule has 1 spiro atoms. The van der Waals surface area contributed by atoms with Crippen LogP contribution in [0.3, 0.4) is 0 Å². The Labute approximate surface area is 248 Å². The molecule has 1 saturated heterocycles. The van der Waals surface area contributed by atoms with E-state index in [2.05, 4.69) is 5.32 Å². The van der Waals surface area contributed by atoms with Crippen LogP contribution in [0.2, 0.25) is 0 Å². The van der Waals surface area contributed by atoms with Crippen LogP contribution in [-0.2, 0) is 14.3 Å². The van der Waals surface area contributed by atoms with E-state index >= 15 is 0 Å². The fourth-order valence-electron chi connectivity index (χ4n) is 5.71. The van der Waals surface area contributed by atoms with Crippen LogP contribution in [0.1, 0.15) is 32.4 Å². The molecular weight excluding hydrogens is 533 g/mol. The number of carbonyl (C=O) groups excluding carboxylic acids is 4. The summed E-state index contributed by atoms with van der Waals surface area (Å²) in [6.45, 7) is 0.00563. The Kier molecular flexibility index (Phi) is 6.34. The third kappa shape index (κ3) is 3.73. The molecule has 3 aromatic rings. The van der Waals surface area contributed by atoms with Gasteiger partial charge in [-0.05, 0) is 29.8 Å². The molecule has 3 unspecified atom stereocenters. The standard InChI is InChI=1S/C28H19NO10.Na/c30-24-15-3-1-2-4-16(15)25(31)28(24)22(27(33)34)21(23(39-28)13-5-7-17-19(9-13)37-11-35-17)26(32)29-14-6-8-18-20(10-14)38-12-36-18;/h1-10,21-23H,11-12H2,(H,29,32)(H,33,34);/q;+1/p-1. The van der Waals surface area contributed by atoms with E-state index in [0.717, 1.165) is 0 Å². The molecule has 11 nitrogen and oxygen atoms in total. The van der Waals surface area contributed by atoms with Gasteiger partial charge in [0.2, 0.25) is 36.7 Å². The number of amides is 1. The topological polar surface area (TPSA) is 150 Å². The monoisotopic (exact) mass is 551 g/mol. The minimum atomic E-state index is -2.49. The molecule has 1 aliphatic carbocycles. The SMILES string of the molecule is O=C(Nc1ccc2c(c1)OCO2)C1C(c2ccc3c(c2)OCO3)OC2(C(=O)c3ccccc3C2=O)C1C(=O)[O-].[Na+]. The molecule has 40 heavy (non-hydrogen) atoms. The summed E-state index contributed by atoms with van der Waals surface area (Å²) >= 11 is 0. The average Bonchev–Trinajstić information content (AvgIpc) is 3.71. The molecule has 1 N–H and O–H groups in total. The van der Waals surface area contributed by atoms with Crippen LogP contribution < -0.4 is 58.9 Å². The Hall–Kier alpha value is -3.90. The van der Waals surface area contributed by atoms with E-state index in [4.69, 9.17) is 23.7 Å². The van der Waals surface area contributed by atoms with E-state index in [9.17, 15) is 24.3 Å². The van der Waals surface area contributed by atoms with Crippen molar-refractivity contribution in [3.05, 3.63) is 77.4 Å². The van der Waals surface area contributed by atoms with Gasteiger partial charge in [-0.1, -0.05) is 30.3 Å². The molecule has 196 valence electrons. The fraction of sp³-hybridized carbons (Fsp3) is 0.214. The number of anilines is 1. The number of carboxylic acid groups (broad SMARTS) is 1. The maximum Gasteiger partial charge on any atom is 1.00 e. The van der Waals surface area contributed by atoms with Gasteiger partial charge in [0.25, 0.3) is 0 Å². The normalized spacial score (nSPS) is 22.6. The molecule has 0 aromatic heterocycles. The number of ether oxygens (including phenoxy) is 5. The number of carbonyl (C=O) groups is 4. The zero-order valence-electron chi connectivity index (χ0n) is 21.0. The van der Waals surface area contributed by atoms with Gasteiger partial charge in [0, 0.05) is 28.8 Å². The number of rotatable bonds is 4. The van der Waals surface area contributed by atoms with Gasteiger partial charge in [0.1, 0.15) is 0 Å². The van der Waals surface area contributed by atoms with Crippen molar-refractivity contribution in [1.82, 2.24) is 0 Å². The molecule has 1 amide bonds. The Morgan fingerprint density at radius 1 is 0.800 bits per heavy atom. The number of aliphatic carboxylic acids is 1. The summed E-state index contributed by atoms with van der Waals surface area (Å²) in [7, 11) is 0. The van der Waals surface area contributed by atoms with Crippen molar-refractivity contribution < 1.29 is 77.5 Å². The molecule has 0 bridgehead atoms. The largest absolute Gasteiger partial charge is 1.00 e. The van der Waals surface area contributed by atoms with E-state index in [1.807, 2.05) is 0 Å². The second-order valence-corrected chi connectivity index (χ2v) is 9.47. The van der Waals surface area contributed by atoms with Crippen molar-refractivity contribution in [1.29, 1.82) is 0 Å². The predicted molar refractivity (Wildman–Crippen MR) is 127 cm³/mol. The molecule has 3 aromatic carbocycles. The molecule has 3 atom stereocenters. The van der Waals surface area contributed by atoms with Gasteiger partial charge in [-0.2, -0.15) is 0 Å². The summed E-state index contributed by atoms with van der Waals surface area (Å²) in [4.78, 5) is 54.0. The zero-order chi connectivity index (χ0) is 26.9. The predicted octanol–water partition coefficient (Wildman–Crippen LogP) is -1.34. The molecule has 4 aliphatic rings. The van der Waals surface area contributed by atoms with Crippen LogP contribution in [0.15, 0.2) is 60.7 Å². The van der Waals surface area contributed by atoms with Gasteiger partial charge in [-0.15, -0.1) is 0 Å². The van der Waals surface area contributed by atoms with Crippen molar-refractivity contribution in [2.45, 2.75) is 11.7 Å². The molecule has 0 radical (unpaired) electrons. The number of benzene rings is 3. The molecular formula is C28H18NNaO10. The fourth-order valence-corrected chi connectivity index (χ4v) is 5.71. The van der Waals surface area contributed by atoms with Crippen LogP contribution >= 0.6 is 0 Å². The first-order chi connectivity index (χ1) is 18.9. The second-order valence-electron chi connectivity index (χ2n) is 9.47. The van der Waals surface area contributed by atoms with Crippen molar-refractivity contribution in [3.63, 3.8) is 0 Å². The molecule has 12 heteroatoms. The number of ketones is 2. The number of hydrogen-bond donors (Lipinski definition) is 1. The van der Waals surface area contributed by atoms with E-state index in [1.54, 1.807) is 36.4 Å². The number of Topliss-reactive ketones (excluding diaryl/α,β-unsaturated/α-hetero) is 2. The van der Waals surface area contributed by atoms with Gasteiger partial charge < -0.3 is 38.9 Å². The maximum atomic E-state index is 13.8. The zero-order valence-corrected chi connectivity index (χ0v) is 23.0. The second kappa shape index (κ2) is 9.63. The van der Waals surface area contributed by atoms with E-state index < -0.39 is 47.0 Å². The third-order valence-corrected chi connectivity index (χ3v) is 7.45. The summed E-state index contributed by atoms with van der Waals surface area (Å²) in [5.41, 5.74) is -1.82. The van der Waals surface area contributed by atoms with E-state index in [0.29, 0.717) is 34.2 Å². The smallest absolute Gasteiger partial charge is 0.550 e. The van der Waals surface area contributed by atoms with Gasteiger partial charge in [-0.3, -0.25) is 14.4 Å². The first-order valence-corrected chi connectivity index (χ1v) is 12.1. The Morgan fingerprint density at radius 3 is 2.00 bits per heavy atom. The molecule has 3 aliphatic heterocycles. The minimum Gasteiger partial charge on any atom is -0.550 e. The van der Waals surface area contributed by atoms with Gasteiger partial charge >= 0.3 is 29.6 Å². The first kappa shape index (κ1) is 26.3. The molecule has 7 rings (SSSR count). The number of nitrogens with one attached hydrogen (secondary N) is 1. The van der Waals surface area contributed by atoms with Gasteiger partial charge in [0.05, 0.1) is 17.9 Å². The van der Waals surface area contributed by atoms with Crippen LogP contribution in [0.5, 0.6) is 23.0 Å². The summed E-state index contributed by atoms with van der Waals surface area (Å²) in [6, 6.07) is 15.3. The number of fused-ring (bicyclic) bond motifs is 3. The minimum absolute atomic E-state index is 0.